The van der Waals surface area contributed by atoms with Gasteiger partial charge in [-0.3, -0.25) is 4.79 Å². The molecule has 1 aromatic rings. The Bertz CT molecular complexity index is 579. The van der Waals surface area contributed by atoms with E-state index >= 15 is 0 Å². The molecule has 1 aromatic heterocycles. The minimum Gasteiger partial charge on any atom is -0.351 e. The number of carbonyl (C=O) groups is 1. The fraction of sp³-hybridized carbons (Fsp3) is 0.643. The van der Waals surface area contributed by atoms with Gasteiger partial charge in [0.1, 0.15) is 10.6 Å². The Morgan fingerprint density at radius 3 is 2.62 bits per heavy atom. The molecule has 0 aliphatic rings. The van der Waals surface area contributed by atoms with Crippen LogP contribution >= 0.6 is 10.7 Å². The van der Waals surface area contributed by atoms with Crippen LogP contribution in [0, 0.1) is 5.92 Å². The Morgan fingerprint density at radius 1 is 1.43 bits per heavy atom. The van der Waals surface area contributed by atoms with Crippen LogP contribution in [0.15, 0.2) is 17.2 Å². The third kappa shape index (κ3) is 5.71. The quantitative estimate of drug-likeness (QED) is 0.587. The van der Waals surface area contributed by atoms with Crippen LogP contribution in [-0.2, 0) is 15.6 Å². The van der Waals surface area contributed by atoms with Gasteiger partial charge in [0, 0.05) is 30.0 Å². The van der Waals surface area contributed by atoms with E-state index in [1.807, 2.05) is 6.92 Å². The molecule has 7 heteroatoms. The van der Waals surface area contributed by atoms with Crippen molar-refractivity contribution in [2.75, 3.05) is 6.54 Å². The SMILES string of the molecule is CCCn1cc(S(=O)(=O)Cl)cc1C(=O)NCCCC(C)C. The van der Waals surface area contributed by atoms with Crippen LogP contribution in [0.5, 0.6) is 0 Å². The van der Waals surface area contributed by atoms with E-state index in [9.17, 15) is 13.2 Å². The second kappa shape index (κ2) is 7.84. The number of amides is 1. The summed E-state index contributed by atoms with van der Waals surface area (Å²) in [5.41, 5.74) is 0.334. The highest BCUT2D eigenvalue weighted by Gasteiger charge is 2.19. The van der Waals surface area contributed by atoms with E-state index in [-0.39, 0.29) is 10.8 Å². The largest absolute Gasteiger partial charge is 0.351 e. The number of aromatic nitrogens is 1. The normalized spacial score (nSPS) is 11.9. The minimum atomic E-state index is -3.82. The fourth-order valence-corrected chi connectivity index (χ4v) is 2.79. The van der Waals surface area contributed by atoms with Crippen molar-refractivity contribution in [1.29, 1.82) is 0 Å². The molecule has 0 aliphatic carbocycles. The highest BCUT2D eigenvalue weighted by atomic mass is 35.7. The Labute approximate surface area is 131 Å². The summed E-state index contributed by atoms with van der Waals surface area (Å²) in [7, 11) is 1.52. The number of hydrogen-bond acceptors (Lipinski definition) is 3. The summed E-state index contributed by atoms with van der Waals surface area (Å²) in [6.45, 7) is 7.37. The number of hydrogen-bond donors (Lipinski definition) is 1. The van der Waals surface area contributed by atoms with Crippen molar-refractivity contribution in [3.63, 3.8) is 0 Å². The summed E-state index contributed by atoms with van der Waals surface area (Å²) in [4.78, 5) is 12.1. The van der Waals surface area contributed by atoms with Gasteiger partial charge in [0.25, 0.3) is 15.0 Å². The predicted molar refractivity (Wildman–Crippen MR) is 84.2 cm³/mol. The zero-order valence-corrected chi connectivity index (χ0v) is 14.3. The number of rotatable bonds is 8. The van der Waals surface area contributed by atoms with Crippen LogP contribution in [0.2, 0.25) is 0 Å². The van der Waals surface area contributed by atoms with Gasteiger partial charge in [-0.2, -0.15) is 0 Å². The molecule has 0 fully saturated rings. The Balaban J connectivity index is 2.80. The molecule has 0 radical (unpaired) electrons. The lowest BCUT2D eigenvalue weighted by Gasteiger charge is -2.09. The summed E-state index contributed by atoms with van der Waals surface area (Å²) in [5.74, 6) is 0.331. The van der Waals surface area contributed by atoms with Gasteiger partial charge in [-0.1, -0.05) is 20.8 Å². The molecule has 5 nitrogen and oxygen atoms in total. The monoisotopic (exact) mass is 334 g/mol. The summed E-state index contributed by atoms with van der Waals surface area (Å²) in [5, 5.41) is 2.82. The molecule has 120 valence electrons. The van der Waals surface area contributed by atoms with Crippen LogP contribution < -0.4 is 5.32 Å². The molecule has 21 heavy (non-hydrogen) atoms. The number of halogens is 1. The maximum absolute atomic E-state index is 12.2. The zero-order valence-electron chi connectivity index (χ0n) is 12.7. The van der Waals surface area contributed by atoms with Crippen LogP contribution in [0.3, 0.4) is 0 Å². The number of aryl methyl sites for hydroxylation is 1. The van der Waals surface area contributed by atoms with Crippen molar-refractivity contribution in [3.05, 3.63) is 18.0 Å². The van der Waals surface area contributed by atoms with E-state index in [2.05, 4.69) is 19.2 Å². The van der Waals surface area contributed by atoms with Gasteiger partial charge >= 0.3 is 0 Å². The van der Waals surface area contributed by atoms with E-state index in [0.717, 1.165) is 19.3 Å². The molecule has 0 atom stereocenters. The number of carbonyl (C=O) groups excluding carboxylic acids is 1. The van der Waals surface area contributed by atoms with Crippen molar-refractivity contribution < 1.29 is 13.2 Å². The molecular formula is C14H23ClN2O3S. The van der Waals surface area contributed by atoms with E-state index in [1.165, 1.54) is 12.3 Å². The molecule has 1 amide bonds. The lowest BCUT2D eigenvalue weighted by molar-refractivity contribution is 0.0943. The van der Waals surface area contributed by atoms with E-state index in [1.54, 1.807) is 4.57 Å². The maximum Gasteiger partial charge on any atom is 0.267 e. The predicted octanol–water partition coefficient (Wildman–Crippen LogP) is 2.99. The summed E-state index contributed by atoms with van der Waals surface area (Å²) >= 11 is 0. The van der Waals surface area contributed by atoms with Gasteiger partial charge in [-0.05, 0) is 31.2 Å². The molecule has 0 aromatic carbocycles. The van der Waals surface area contributed by atoms with Gasteiger partial charge in [0.2, 0.25) is 0 Å². The van der Waals surface area contributed by atoms with Gasteiger partial charge < -0.3 is 9.88 Å². The molecule has 0 unspecified atom stereocenters. The molecule has 0 aliphatic heterocycles. The Kier molecular flexibility index (Phi) is 6.74. The lowest BCUT2D eigenvalue weighted by atomic mass is 10.1. The van der Waals surface area contributed by atoms with E-state index < -0.39 is 9.05 Å². The second-order valence-electron chi connectivity index (χ2n) is 5.48. The van der Waals surface area contributed by atoms with Crippen LogP contribution in [0.1, 0.15) is 50.5 Å². The molecule has 1 heterocycles. The first-order valence-corrected chi connectivity index (χ1v) is 9.49. The zero-order chi connectivity index (χ0) is 16.0. The summed E-state index contributed by atoms with van der Waals surface area (Å²) < 4.78 is 24.4. The van der Waals surface area contributed by atoms with Crippen molar-refractivity contribution in [2.45, 2.75) is 51.5 Å². The third-order valence-corrected chi connectivity index (χ3v) is 4.41. The van der Waals surface area contributed by atoms with Crippen molar-refractivity contribution in [1.82, 2.24) is 9.88 Å². The molecule has 0 saturated carbocycles. The van der Waals surface area contributed by atoms with Gasteiger partial charge in [0.05, 0.1) is 0 Å². The first kappa shape index (κ1) is 18.0. The molecular weight excluding hydrogens is 312 g/mol. The minimum absolute atomic E-state index is 0.0371. The molecule has 1 rings (SSSR count). The highest BCUT2D eigenvalue weighted by Crippen LogP contribution is 2.19. The molecule has 0 saturated heterocycles. The van der Waals surface area contributed by atoms with Gasteiger partial charge in [0.15, 0.2) is 0 Å². The van der Waals surface area contributed by atoms with Crippen molar-refractivity contribution >= 4 is 25.6 Å². The first-order chi connectivity index (χ1) is 9.75. The Morgan fingerprint density at radius 2 is 2.10 bits per heavy atom. The topological polar surface area (TPSA) is 68.2 Å². The summed E-state index contributed by atoms with van der Waals surface area (Å²) in [6, 6.07) is 1.33. The molecule has 0 bridgehead atoms. The van der Waals surface area contributed by atoms with E-state index in [4.69, 9.17) is 10.7 Å². The smallest absolute Gasteiger partial charge is 0.267 e. The van der Waals surface area contributed by atoms with E-state index in [0.29, 0.717) is 24.7 Å². The maximum atomic E-state index is 12.2. The van der Waals surface area contributed by atoms with Gasteiger partial charge in [-0.15, -0.1) is 0 Å². The highest BCUT2D eigenvalue weighted by molar-refractivity contribution is 8.13. The van der Waals surface area contributed by atoms with Gasteiger partial charge in [-0.25, -0.2) is 8.42 Å². The van der Waals surface area contributed by atoms with Crippen LogP contribution in [0.4, 0.5) is 0 Å². The molecule has 0 spiro atoms. The average Bonchev–Trinajstić information content (AvgIpc) is 2.78. The van der Waals surface area contributed by atoms with Crippen molar-refractivity contribution in [2.24, 2.45) is 5.92 Å². The standard InChI is InChI=1S/C14H23ClN2O3S/c1-4-8-17-10-12(21(15,19)20)9-13(17)14(18)16-7-5-6-11(2)3/h9-11H,4-8H2,1-3H3,(H,16,18). The number of nitrogens with zero attached hydrogens (tertiary/aromatic N) is 1. The summed E-state index contributed by atoms with van der Waals surface area (Å²) in [6.07, 6.45) is 4.15. The first-order valence-electron chi connectivity index (χ1n) is 7.18. The second-order valence-corrected chi connectivity index (χ2v) is 8.05. The van der Waals surface area contributed by atoms with Crippen LogP contribution in [0.25, 0.3) is 0 Å². The average molecular weight is 335 g/mol. The van der Waals surface area contributed by atoms with Crippen LogP contribution in [-0.4, -0.2) is 25.4 Å². The lowest BCUT2D eigenvalue weighted by Crippen LogP contribution is -2.27. The number of nitrogens with one attached hydrogen (secondary N) is 1. The fourth-order valence-electron chi connectivity index (χ4n) is 2.04. The van der Waals surface area contributed by atoms with Crippen molar-refractivity contribution in [3.8, 4) is 0 Å². The Hall–Kier alpha value is -1.01. The molecule has 1 N–H and O–H groups in total. The third-order valence-electron chi connectivity index (χ3n) is 3.09.